The van der Waals surface area contributed by atoms with Crippen LogP contribution in [-0.2, 0) is 4.79 Å². The lowest BCUT2D eigenvalue weighted by atomic mass is 9.89. The van der Waals surface area contributed by atoms with Crippen LogP contribution in [0.5, 0.6) is 5.75 Å². The van der Waals surface area contributed by atoms with Crippen molar-refractivity contribution in [1.82, 2.24) is 0 Å². The molecule has 94 valence electrons. The van der Waals surface area contributed by atoms with Crippen LogP contribution >= 0.6 is 0 Å². The van der Waals surface area contributed by atoms with E-state index in [-0.39, 0.29) is 11.2 Å². The fourth-order valence-corrected chi connectivity index (χ4v) is 1.44. The van der Waals surface area contributed by atoms with Gasteiger partial charge >= 0.3 is 0 Å². The van der Waals surface area contributed by atoms with E-state index in [1.807, 2.05) is 30.3 Å². The molecule has 0 amide bonds. The molecular weight excluding hydrogens is 212 g/mol. The van der Waals surface area contributed by atoms with Crippen LogP contribution in [0.3, 0.4) is 0 Å². The fourth-order valence-electron chi connectivity index (χ4n) is 1.44. The molecule has 0 heterocycles. The lowest BCUT2D eigenvalue weighted by Gasteiger charge is -2.16. The Hall–Kier alpha value is -1.31. The van der Waals surface area contributed by atoms with Gasteiger partial charge in [0.15, 0.2) is 0 Å². The third-order valence-corrected chi connectivity index (χ3v) is 2.55. The highest BCUT2D eigenvalue weighted by Crippen LogP contribution is 2.21. The predicted molar refractivity (Wildman–Crippen MR) is 70.3 cm³/mol. The summed E-state index contributed by atoms with van der Waals surface area (Å²) in [6.07, 6.45) is 2.10. The molecule has 2 heteroatoms. The summed E-state index contributed by atoms with van der Waals surface area (Å²) >= 11 is 0. The first-order valence-electron chi connectivity index (χ1n) is 6.17. The van der Waals surface area contributed by atoms with E-state index < -0.39 is 0 Å². The Morgan fingerprint density at radius 1 is 1.12 bits per heavy atom. The zero-order valence-electron chi connectivity index (χ0n) is 11.0. The first-order valence-corrected chi connectivity index (χ1v) is 6.17. The molecule has 0 aliphatic heterocycles. The summed E-state index contributed by atoms with van der Waals surface area (Å²) in [5.41, 5.74) is 0.232. The number of rotatable bonds is 6. The third-order valence-electron chi connectivity index (χ3n) is 2.55. The van der Waals surface area contributed by atoms with E-state index >= 15 is 0 Å². The molecule has 0 aliphatic rings. The normalized spacial score (nSPS) is 11.2. The van der Waals surface area contributed by atoms with Crippen LogP contribution in [0.15, 0.2) is 30.3 Å². The Balaban J connectivity index is 2.17. The van der Waals surface area contributed by atoms with Crippen molar-refractivity contribution in [3.05, 3.63) is 30.3 Å². The molecular formula is C15H22O2. The van der Waals surface area contributed by atoms with Gasteiger partial charge in [-0.05, 0) is 24.0 Å². The molecule has 1 aromatic rings. The number of hydrogen-bond acceptors (Lipinski definition) is 2. The van der Waals surface area contributed by atoms with Crippen LogP contribution in [-0.4, -0.2) is 12.4 Å². The summed E-state index contributed by atoms with van der Waals surface area (Å²) in [5, 5.41) is 0. The lowest BCUT2D eigenvalue weighted by molar-refractivity contribution is -0.120. The third kappa shape index (κ3) is 6.77. The van der Waals surface area contributed by atoms with Crippen molar-refractivity contribution < 1.29 is 9.53 Å². The van der Waals surface area contributed by atoms with Gasteiger partial charge in [0.25, 0.3) is 0 Å². The predicted octanol–water partition coefficient (Wildman–Crippen LogP) is 3.85. The Bertz CT molecular complexity index is 336. The molecule has 0 N–H and O–H groups in total. The molecule has 0 aliphatic carbocycles. The second-order valence-corrected chi connectivity index (χ2v) is 5.51. The maximum atomic E-state index is 11.6. The minimum atomic E-state index is 0.232. The molecule has 0 radical (unpaired) electrons. The molecule has 1 rings (SSSR count). The topological polar surface area (TPSA) is 26.3 Å². The quantitative estimate of drug-likeness (QED) is 0.747. The SMILES string of the molecule is CC(C)(C)CCC(=O)CCOc1ccccc1. The van der Waals surface area contributed by atoms with Gasteiger partial charge in [0.2, 0.25) is 0 Å². The van der Waals surface area contributed by atoms with E-state index in [0.29, 0.717) is 19.4 Å². The zero-order valence-corrected chi connectivity index (χ0v) is 11.0. The Morgan fingerprint density at radius 2 is 1.76 bits per heavy atom. The smallest absolute Gasteiger partial charge is 0.136 e. The zero-order chi connectivity index (χ0) is 12.7. The maximum Gasteiger partial charge on any atom is 0.136 e. The highest BCUT2D eigenvalue weighted by atomic mass is 16.5. The second-order valence-electron chi connectivity index (χ2n) is 5.51. The van der Waals surface area contributed by atoms with Gasteiger partial charge in [-0.25, -0.2) is 0 Å². The summed E-state index contributed by atoms with van der Waals surface area (Å²) in [6, 6.07) is 9.61. The molecule has 2 nitrogen and oxygen atoms in total. The first kappa shape index (κ1) is 13.8. The number of hydrogen-bond donors (Lipinski definition) is 0. The molecule has 0 unspecified atom stereocenters. The maximum absolute atomic E-state index is 11.6. The van der Waals surface area contributed by atoms with Crippen LogP contribution in [0.2, 0.25) is 0 Å². The van der Waals surface area contributed by atoms with E-state index in [1.165, 1.54) is 0 Å². The van der Waals surface area contributed by atoms with Crippen molar-refractivity contribution >= 4 is 5.78 Å². The van der Waals surface area contributed by atoms with Crippen molar-refractivity contribution in [3.63, 3.8) is 0 Å². The second kappa shape index (κ2) is 6.43. The number of carbonyl (C=O) groups is 1. The Morgan fingerprint density at radius 3 is 2.35 bits per heavy atom. The lowest BCUT2D eigenvalue weighted by Crippen LogP contribution is -2.11. The summed E-state index contributed by atoms with van der Waals surface area (Å²) in [5.74, 6) is 1.12. The minimum Gasteiger partial charge on any atom is -0.493 e. The molecule has 0 saturated carbocycles. The molecule has 1 aromatic carbocycles. The van der Waals surface area contributed by atoms with Gasteiger partial charge in [0.1, 0.15) is 11.5 Å². The Labute approximate surface area is 104 Å². The molecule has 0 saturated heterocycles. The van der Waals surface area contributed by atoms with Crippen molar-refractivity contribution in [3.8, 4) is 5.75 Å². The molecule has 0 aromatic heterocycles. The summed E-state index contributed by atoms with van der Waals surface area (Å²) in [7, 11) is 0. The van der Waals surface area contributed by atoms with E-state index in [1.54, 1.807) is 0 Å². The standard InChI is InChI=1S/C15H22O2/c1-15(2,3)11-9-13(16)10-12-17-14-7-5-4-6-8-14/h4-8H,9-12H2,1-3H3. The number of carbonyl (C=O) groups excluding carboxylic acids is 1. The van der Waals surface area contributed by atoms with Crippen molar-refractivity contribution in [2.24, 2.45) is 5.41 Å². The highest BCUT2D eigenvalue weighted by Gasteiger charge is 2.12. The van der Waals surface area contributed by atoms with Crippen LogP contribution < -0.4 is 4.74 Å². The largest absolute Gasteiger partial charge is 0.493 e. The number of benzene rings is 1. The number of Topliss-reactive ketones (excluding diaryl/α,β-unsaturated/α-hetero) is 1. The van der Waals surface area contributed by atoms with E-state index in [0.717, 1.165) is 12.2 Å². The van der Waals surface area contributed by atoms with Gasteiger partial charge in [-0.1, -0.05) is 39.0 Å². The van der Waals surface area contributed by atoms with Gasteiger partial charge in [-0.15, -0.1) is 0 Å². The molecule has 0 fully saturated rings. The van der Waals surface area contributed by atoms with Gasteiger partial charge in [-0.3, -0.25) is 4.79 Å². The van der Waals surface area contributed by atoms with Crippen LogP contribution in [0.4, 0.5) is 0 Å². The van der Waals surface area contributed by atoms with Gasteiger partial charge in [0.05, 0.1) is 6.61 Å². The van der Waals surface area contributed by atoms with Crippen LogP contribution in [0.25, 0.3) is 0 Å². The van der Waals surface area contributed by atoms with Crippen molar-refractivity contribution in [2.45, 2.75) is 40.0 Å². The summed E-state index contributed by atoms with van der Waals surface area (Å²) < 4.78 is 5.49. The van der Waals surface area contributed by atoms with E-state index in [9.17, 15) is 4.79 Å². The van der Waals surface area contributed by atoms with Crippen LogP contribution in [0, 0.1) is 5.41 Å². The Kier molecular flexibility index (Phi) is 5.20. The van der Waals surface area contributed by atoms with E-state index in [4.69, 9.17) is 4.74 Å². The first-order chi connectivity index (χ1) is 7.97. The number of ether oxygens (including phenoxy) is 1. The molecule has 17 heavy (non-hydrogen) atoms. The average Bonchev–Trinajstić information content (AvgIpc) is 2.27. The van der Waals surface area contributed by atoms with E-state index in [2.05, 4.69) is 20.8 Å². The molecule has 0 atom stereocenters. The monoisotopic (exact) mass is 234 g/mol. The molecule has 0 spiro atoms. The van der Waals surface area contributed by atoms with Crippen LogP contribution in [0.1, 0.15) is 40.0 Å². The van der Waals surface area contributed by atoms with Crippen molar-refractivity contribution in [1.29, 1.82) is 0 Å². The number of ketones is 1. The average molecular weight is 234 g/mol. The van der Waals surface area contributed by atoms with Crippen molar-refractivity contribution in [2.75, 3.05) is 6.61 Å². The minimum absolute atomic E-state index is 0.232. The van der Waals surface area contributed by atoms with Gasteiger partial charge < -0.3 is 4.74 Å². The fraction of sp³-hybridized carbons (Fsp3) is 0.533. The molecule has 0 bridgehead atoms. The van der Waals surface area contributed by atoms with Gasteiger partial charge in [0, 0.05) is 12.8 Å². The summed E-state index contributed by atoms with van der Waals surface area (Å²) in [6.45, 7) is 6.94. The summed E-state index contributed by atoms with van der Waals surface area (Å²) in [4.78, 5) is 11.6. The van der Waals surface area contributed by atoms with Gasteiger partial charge in [-0.2, -0.15) is 0 Å². The highest BCUT2D eigenvalue weighted by molar-refractivity contribution is 5.78. The number of para-hydroxylation sites is 1.